The molecule has 155 valence electrons. The Labute approximate surface area is 179 Å². The van der Waals surface area contributed by atoms with E-state index in [4.69, 9.17) is 0 Å². The van der Waals surface area contributed by atoms with Crippen molar-refractivity contribution in [3.8, 4) is 0 Å². The van der Waals surface area contributed by atoms with Crippen molar-refractivity contribution in [3.63, 3.8) is 0 Å². The summed E-state index contributed by atoms with van der Waals surface area (Å²) in [7, 11) is 0. The monoisotopic (exact) mass is 437 g/mol. The normalized spacial score (nSPS) is 13.5. The van der Waals surface area contributed by atoms with Gasteiger partial charge >= 0.3 is 53.2 Å². The molecule has 0 spiro atoms. The van der Waals surface area contributed by atoms with E-state index < -0.39 is 0 Å². The number of allylic oxidation sites excluding steroid dienone is 3. The van der Waals surface area contributed by atoms with E-state index in [0.29, 0.717) is 4.82 Å². The van der Waals surface area contributed by atoms with Crippen LogP contribution in [0.15, 0.2) is 48.1 Å². The van der Waals surface area contributed by atoms with Crippen molar-refractivity contribution in [2.24, 2.45) is 5.92 Å². The molecule has 0 aliphatic heterocycles. The average molecular weight is 437 g/mol. The van der Waals surface area contributed by atoms with Gasteiger partial charge in [0.2, 0.25) is 0 Å². The number of hydrogen-bond donors (Lipinski definition) is 0. The molecule has 0 heterocycles. The minimum atomic E-state index is 0.273. The summed E-state index contributed by atoms with van der Waals surface area (Å²) in [4.78, 5) is 0.602. The molecule has 1 aromatic rings. The third-order valence-corrected chi connectivity index (χ3v) is 5.32. The van der Waals surface area contributed by atoms with E-state index in [1.54, 1.807) is 0 Å². The first-order valence-corrected chi connectivity index (χ1v) is 11.3. The molecule has 1 aromatic carbocycles. The molecular weight excluding hydrogens is 391 g/mol. The van der Waals surface area contributed by atoms with Gasteiger partial charge in [-0.1, -0.05) is 70.9 Å². The molecule has 2 unspecified atom stereocenters. The van der Waals surface area contributed by atoms with Crippen LogP contribution in [-0.4, -0.2) is 16.0 Å². The van der Waals surface area contributed by atoms with Gasteiger partial charge in [-0.15, -0.1) is 6.58 Å². The van der Waals surface area contributed by atoms with Gasteiger partial charge < -0.3 is 0 Å². The molecule has 1 rings (SSSR count). The van der Waals surface area contributed by atoms with Crippen LogP contribution in [0.3, 0.4) is 0 Å². The Balaban J connectivity index is 0. The smallest absolute Gasteiger partial charge is 0.0132 e. The van der Waals surface area contributed by atoms with Gasteiger partial charge in [-0.3, -0.25) is 0 Å². The molecule has 0 aliphatic carbocycles. The molecule has 0 fully saturated rings. The third kappa shape index (κ3) is 17.1. The zero-order valence-electron chi connectivity index (χ0n) is 19.8. The van der Waals surface area contributed by atoms with E-state index in [1.807, 2.05) is 13.8 Å². The predicted molar refractivity (Wildman–Crippen MR) is 128 cm³/mol. The summed E-state index contributed by atoms with van der Waals surface area (Å²) >= 11 is 3.02. The molecule has 0 bridgehead atoms. The summed E-state index contributed by atoms with van der Waals surface area (Å²) in [6, 6.07) is 9.16. The van der Waals surface area contributed by atoms with Crippen LogP contribution in [0, 0.1) is 5.92 Å². The molecule has 0 aliphatic rings. The molecule has 0 nitrogen and oxygen atoms in total. The fraction of sp³-hybridized carbons (Fsp3) is 0.615. The van der Waals surface area contributed by atoms with Crippen molar-refractivity contribution in [2.45, 2.75) is 98.7 Å². The van der Waals surface area contributed by atoms with Crippen molar-refractivity contribution in [3.05, 3.63) is 59.2 Å². The van der Waals surface area contributed by atoms with E-state index in [0.717, 1.165) is 5.92 Å². The van der Waals surface area contributed by atoms with Crippen LogP contribution < -0.4 is 0 Å². The third-order valence-electron chi connectivity index (χ3n) is 4.54. The van der Waals surface area contributed by atoms with Gasteiger partial charge in [0.15, 0.2) is 0 Å². The zero-order chi connectivity index (χ0) is 21.6. The van der Waals surface area contributed by atoms with Crippen LogP contribution in [0.4, 0.5) is 0 Å². The Bertz CT molecular complexity index is 522. The summed E-state index contributed by atoms with van der Waals surface area (Å²) in [6.07, 6.45) is 5.95. The molecule has 0 amide bonds. The number of hydrogen-bond acceptors (Lipinski definition) is 0. The molecule has 0 N–H and O–H groups in total. The summed E-state index contributed by atoms with van der Waals surface area (Å²) < 4.78 is 0. The second-order valence-corrected chi connectivity index (χ2v) is 10.4. The quantitative estimate of drug-likeness (QED) is 0.321. The maximum Gasteiger partial charge on any atom is -0.0132 e. The summed E-state index contributed by atoms with van der Waals surface area (Å²) in [6.45, 7) is 25.2. The predicted octanol–water partition coefficient (Wildman–Crippen LogP) is 8.47. The second kappa shape index (κ2) is 15.2. The zero-order valence-corrected chi connectivity index (χ0v) is 21.5. The molecule has 1 heteroatoms. The Morgan fingerprint density at radius 1 is 1.07 bits per heavy atom. The Hall–Kier alpha value is -0.781. The first kappa shape index (κ1) is 28.4. The number of rotatable bonds is 5. The summed E-state index contributed by atoms with van der Waals surface area (Å²) in [5, 5.41) is 0. The van der Waals surface area contributed by atoms with Crippen LogP contribution in [0.5, 0.6) is 0 Å². The van der Waals surface area contributed by atoms with Crippen LogP contribution in [0.1, 0.15) is 93.2 Å². The Morgan fingerprint density at radius 2 is 1.52 bits per heavy atom. The van der Waals surface area contributed by atoms with Crippen LogP contribution in [0.2, 0.25) is 4.82 Å². The summed E-state index contributed by atoms with van der Waals surface area (Å²) in [5.41, 5.74) is 5.77. The fourth-order valence-corrected chi connectivity index (χ4v) is 2.31. The van der Waals surface area contributed by atoms with E-state index in [-0.39, 0.29) is 5.41 Å². The average Bonchev–Trinajstić information content (AvgIpc) is 2.58. The van der Waals surface area contributed by atoms with E-state index in [9.17, 15) is 0 Å². The van der Waals surface area contributed by atoms with Gasteiger partial charge in [0.05, 0.1) is 0 Å². The van der Waals surface area contributed by atoms with Crippen molar-refractivity contribution < 1.29 is 0 Å². The van der Waals surface area contributed by atoms with Gasteiger partial charge in [-0.2, -0.15) is 0 Å². The van der Waals surface area contributed by atoms with Gasteiger partial charge in [0.25, 0.3) is 0 Å². The number of aryl methyl sites for hydroxylation is 1. The van der Waals surface area contributed by atoms with Crippen LogP contribution >= 0.6 is 0 Å². The van der Waals surface area contributed by atoms with Gasteiger partial charge in [-0.25, -0.2) is 0 Å². The maximum atomic E-state index is 3.56. The molecule has 2 atom stereocenters. The van der Waals surface area contributed by atoms with Crippen LogP contribution in [-0.2, 0) is 11.8 Å². The standard InChI is InChI=1S/C16H26.C6H11Se.C4H8/c1-6-13(2)7-8-14-9-11-15(12-10-14)16(3,4)5;1-4-5(2)6(3)7;1-4(2)3/h9-13H,6-8H2,1-5H3;4,6H,1-3H3;1H2,2-3H3/b;5-4+;. The van der Waals surface area contributed by atoms with Crippen molar-refractivity contribution >= 4 is 16.0 Å². The topological polar surface area (TPSA) is 0 Å². The molecule has 0 saturated carbocycles. The molecular formula is C26H45Se. The minimum Gasteiger partial charge on any atom is -0.100 e. The van der Waals surface area contributed by atoms with Crippen molar-refractivity contribution in [1.82, 2.24) is 0 Å². The van der Waals surface area contributed by atoms with Crippen molar-refractivity contribution in [1.29, 1.82) is 0 Å². The van der Waals surface area contributed by atoms with Gasteiger partial charge in [-0.05, 0) is 49.1 Å². The van der Waals surface area contributed by atoms with E-state index in [1.165, 1.54) is 41.5 Å². The minimum absolute atomic E-state index is 0.273. The maximum absolute atomic E-state index is 3.56. The van der Waals surface area contributed by atoms with Gasteiger partial charge in [0, 0.05) is 0 Å². The fourth-order valence-electron chi connectivity index (χ4n) is 2.02. The number of benzene rings is 1. The Morgan fingerprint density at radius 3 is 1.78 bits per heavy atom. The summed E-state index contributed by atoms with van der Waals surface area (Å²) in [5.74, 6) is 0.849. The first-order valence-electron chi connectivity index (χ1n) is 10.3. The van der Waals surface area contributed by atoms with E-state index >= 15 is 0 Å². The van der Waals surface area contributed by atoms with Crippen molar-refractivity contribution in [2.75, 3.05) is 0 Å². The first-order chi connectivity index (χ1) is 12.3. The van der Waals surface area contributed by atoms with E-state index in [2.05, 4.69) is 108 Å². The second-order valence-electron chi connectivity index (χ2n) is 8.88. The molecule has 0 saturated heterocycles. The molecule has 27 heavy (non-hydrogen) atoms. The molecule has 1 radical (unpaired) electrons. The SMILES string of the molecule is C/C=C(\C)C(C)[Se].C=C(C)C.CCC(C)CCc1ccc(C(C)(C)C)cc1. The largest absolute Gasteiger partial charge is 0.100 e. The van der Waals surface area contributed by atoms with Crippen LogP contribution in [0.25, 0.3) is 0 Å². The Kier molecular flexibility index (Phi) is 16.0. The van der Waals surface area contributed by atoms with Gasteiger partial charge in [0.1, 0.15) is 0 Å². The molecule has 0 aromatic heterocycles.